The molecule has 0 unspecified atom stereocenters. The summed E-state index contributed by atoms with van der Waals surface area (Å²) in [6.45, 7) is 5.70. The topological polar surface area (TPSA) is 35.9 Å². The highest BCUT2D eigenvalue weighted by Gasteiger charge is 2.14. The fourth-order valence-corrected chi connectivity index (χ4v) is 1.81. The van der Waals surface area contributed by atoms with Crippen molar-refractivity contribution in [2.24, 2.45) is 0 Å². The van der Waals surface area contributed by atoms with Crippen LogP contribution in [0.5, 0.6) is 0 Å². The van der Waals surface area contributed by atoms with Crippen molar-refractivity contribution >= 4 is 39.4 Å². The summed E-state index contributed by atoms with van der Waals surface area (Å²) in [6, 6.07) is 0. The van der Waals surface area contributed by atoms with Gasteiger partial charge >= 0.3 is 0 Å². The molecule has 0 atom stereocenters. The van der Waals surface area contributed by atoms with Crippen molar-refractivity contribution in [1.82, 2.24) is 5.32 Å². The van der Waals surface area contributed by atoms with Gasteiger partial charge in [-0.15, -0.1) is 0 Å². The molecule has 2 N–H and O–H groups in total. The van der Waals surface area contributed by atoms with E-state index in [-0.39, 0.29) is 9.24 Å². The first-order chi connectivity index (χ1) is 5.24. The number of allylic oxidation sites excluding steroid dienone is 1. The lowest BCUT2D eigenvalue weighted by Crippen LogP contribution is -2.34. The van der Waals surface area contributed by atoms with E-state index in [1.165, 1.54) is 0 Å². The molecule has 0 amide bonds. The maximum absolute atomic E-state index is 12.9. The predicted molar refractivity (Wildman–Crippen MR) is 58.6 cm³/mol. The van der Waals surface area contributed by atoms with Gasteiger partial charge in [-0.25, -0.2) is 4.39 Å². The third-order valence-electron chi connectivity index (χ3n) is 0.870. The van der Waals surface area contributed by atoms with Crippen LogP contribution in [0, 0.1) is 5.41 Å². The highest BCUT2D eigenvalue weighted by atomic mass is 127. The maximum atomic E-state index is 12.9. The SMILES string of the molecule is CC(C)(C)N/C(I)=C(/F)C(=N)Cl. The molecule has 2 nitrogen and oxygen atoms in total. The smallest absolute Gasteiger partial charge is 0.189 e. The minimum atomic E-state index is -0.716. The Morgan fingerprint density at radius 2 is 1.92 bits per heavy atom. The number of hydrogen-bond acceptors (Lipinski definition) is 2. The quantitative estimate of drug-likeness (QED) is 0.459. The molecule has 0 aliphatic carbocycles. The second-order valence-corrected chi connectivity index (χ2v) is 4.77. The zero-order chi connectivity index (χ0) is 9.94. The Labute approximate surface area is 90.2 Å². The van der Waals surface area contributed by atoms with Gasteiger partial charge in [-0.2, -0.15) is 0 Å². The summed E-state index contributed by atoms with van der Waals surface area (Å²) < 4.78 is 13.2. The summed E-state index contributed by atoms with van der Waals surface area (Å²) in [5.41, 5.74) is -0.222. The molecule has 0 aliphatic rings. The van der Waals surface area contributed by atoms with Crippen LogP contribution in [0.4, 0.5) is 4.39 Å². The summed E-state index contributed by atoms with van der Waals surface area (Å²) >= 11 is 6.93. The van der Waals surface area contributed by atoms with Gasteiger partial charge in [0.2, 0.25) is 0 Å². The van der Waals surface area contributed by atoms with Crippen LogP contribution in [-0.2, 0) is 0 Å². The molecular weight excluding hydrogens is 293 g/mol. The first kappa shape index (κ1) is 12.2. The minimum absolute atomic E-state index is 0.222. The largest absolute Gasteiger partial charge is 0.373 e. The lowest BCUT2D eigenvalue weighted by Gasteiger charge is -2.21. The first-order valence-corrected chi connectivity index (χ1v) is 4.77. The Hall–Kier alpha value is 0.160. The third-order valence-corrected chi connectivity index (χ3v) is 1.78. The van der Waals surface area contributed by atoms with Crippen molar-refractivity contribution in [2.75, 3.05) is 0 Å². The Balaban J connectivity index is 4.49. The first-order valence-electron chi connectivity index (χ1n) is 3.32. The zero-order valence-electron chi connectivity index (χ0n) is 7.13. The normalized spacial score (nSPS) is 13.8. The van der Waals surface area contributed by atoms with Gasteiger partial charge in [0.15, 0.2) is 11.0 Å². The van der Waals surface area contributed by atoms with Crippen molar-refractivity contribution in [3.8, 4) is 0 Å². The second-order valence-electron chi connectivity index (χ2n) is 3.32. The molecule has 0 fully saturated rings. The van der Waals surface area contributed by atoms with Gasteiger partial charge in [0.05, 0.1) is 0 Å². The maximum Gasteiger partial charge on any atom is 0.189 e. The summed E-state index contributed by atoms with van der Waals surface area (Å²) in [5.74, 6) is -0.716. The van der Waals surface area contributed by atoms with Gasteiger partial charge in [-0.3, -0.25) is 5.41 Å². The molecule has 0 aromatic rings. The van der Waals surface area contributed by atoms with Gasteiger partial charge in [0.1, 0.15) is 3.70 Å². The van der Waals surface area contributed by atoms with Gasteiger partial charge in [0, 0.05) is 5.54 Å². The fourth-order valence-electron chi connectivity index (χ4n) is 0.480. The van der Waals surface area contributed by atoms with Crippen LogP contribution in [0.2, 0.25) is 0 Å². The second kappa shape index (κ2) is 4.41. The molecule has 0 aromatic carbocycles. The van der Waals surface area contributed by atoms with E-state index < -0.39 is 11.0 Å². The Morgan fingerprint density at radius 3 is 2.17 bits per heavy atom. The van der Waals surface area contributed by atoms with Gasteiger partial charge in [-0.05, 0) is 43.4 Å². The minimum Gasteiger partial charge on any atom is -0.373 e. The molecule has 0 aliphatic heterocycles. The molecule has 0 aromatic heterocycles. The fraction of sp³-hybridized carbons (Fsp3) is 0.571. The molecule has 0 heterocycles. The highest BCUT2D eigenvalue weighted by Crippen LogP contribution is 2.17. The van der Waals surface area contributed by atoms with Crippen LogP contribution in [0.15, 0.2) is 9.53 Å². The average molecular weight is 305 g/mol. The zero-order valence-corrected chi connectivity index (χ0v) is 10.0. The third kappa shape index (κ3) is 4.92. The summed E-state index contributed by atoms with van der Waals surface area (Å²) in [5, 5.41) is 9.12. The van der Waals surface area contributed by atoms with Gasteiger partial charge in [-0.1, -0.05) is 11.6 Å². The Kier molecular flexibility index (Phi) is 4.47. The van der Waals surface area contributed by atoms with E-state index in [2.05, 4.69) is 5.32 Å². The van der Waals surface area contributed by atoms with Crippen LogP contribution in [-0.4, -0.2) is 10.7 Å². The standard InChI is InChI=1S/C7H11ClFIN2/c1-7(2,3)12-6(10)4(9)5(8)11/h11-12H,1-3H3/b6-4+,11-5?. The van der Waals surface area contributed by atoms with Crippen molar-refractivity contribution < 1.29 is 4.39 Å². The summed E-state index contributed by atoms with van der Waals surface area (Å²) in [4.78, 5) is 0. The van der Waals surface area contributed by atoms with Crippen LogP contribution in [0.1, 0.15) is 20.8 Å². The summed E-state index contributed by atoms with van der Waals surface area (Å²) in [7, 11) is 0. The molecule has 0 bridgehead atoms. The van der Waals surface area contributed by atoms with E-state index in [4.69, 9.17) is 17.0 Å². The number of hydrogen-bond donors (Lipinski definition) is 2. The molecule has 12 heavy (non-hydrogen) atoms. The van der Waals surface area contributed by atoms with Crippen LogP contribution >= 0.6 is 34.2 Å². The number of nitrogens with one attached hydrogen (secondary N) is 2. The van der Waals surface area contributed by atoms with Crippen LogP contribution < -0.4 is 5.32 Å². The molecule has 0 saturated carbocycles. The molecule has 0 spiro atoms. The Bertz CT molecular complexity index is 220. The monoisotopic (exact) mass is 304 g/mol. The van der Waals surface area contributed by atoms with Crippen molar-refractivity contribution in [1.29, 1.82) is 5.41 Å². The average Bonchev–Trinajstić information content (AvgIpc) is 1.82. The molecule has 0 radical (unpaired) electrons. The van der Waals surface area contributed by atoms with E-state index in [1.807, 2.05) is 20.8 Å². The number of rotatable bonds is 2. The lowest BCUT2D eigenvalue weighted by molar-refractivity contribution is 0.481. The Morgan fingerprint density at radius 1 is 1.50 bits per heavy atom. The van der Waals surface area contributed by atoms with Crippen LogP contribution in [0.3, 0.4) is 0 Å². The number of halogens is 3. The van der Waals surface area contributed by atoms with E-state index in [1.54, 1.807) is 22.6 Å². The van der Waals surface area contributed by atoms with Gasteiger partial charge < -0.3 is 5.32 Å². The highest BCUT2D eigenvalue weighted by molar-refractivity contribution is 14.1. The molecule has 5 heteroatoms. The van der Waals surface area contributed by atoms with Crippen molar-refractivity contribution in [2.45, 2.75) is 26.3 Å². The van der Waals surface area contributed by atoms with E-state index in [0.717, 1.165) is 0 Å². The predicted octanol–water partition coefficient (Wildman–Crippen LogP) is 3.16. The van der Waals surface area contributed by atoms with E-state index in [9.17, 15) is 4.39 Å². The molecule has 0 rings (SSSR count). The summed E-state index contributed by atoms with van der Waals surface area (Å²) in [6.07, 6.45) is 0. The van der Waals surface area contributed by atoms with Crippen molar-refractivity contribution in [3.05, 3.63) is 9.53 Å². The van der Waals surface area contributed by atoms with Crippen LogP contribution in [0.25, 0.3) is 0 Å². The molecule has 70 valence electrons. The van der Waals surface area contributed by atoms with Gasteiger partial charge in [0.25, 0.3) is 0 Å². The molecule has 0 saturated heterocycles. The van der Waals surface area contributed by atoms with E-state index in [0.29, 0.717) is 0 Å². The molecular formula is C7H11ClFIN2. The lowest BCUT2D eigenvalue weighted by atomic mass is 10.1. The van der Waals surface area contributed by atoms with E-state index >= 15 is 0 Å². The van der Waals surface area contributed by atoms with Crippen molar-refractivity contribution in [3.63, 3.8) is 0 Å².